The van der Waals surface area contributed by atoms with Gasteiger partial charge in [-0.15, -0.1) is 0 Å². The van der Waals surface area contributed by atoms with E-state index < -0.39 is 0 Å². The minimum Gasteiger partial charge on any atom is -0.398 e. The first-order valence-corrected chi connectivity index (χ1v) is 6.05. The van der Waals surface area contributed by atoms with Gasteiger partial charge in [-0.05, 0) is 34.9 Å². The summed E-state index contributed by atoms with van der Waals surface area (Å²) in [7, 11) is 0. The minimum atomic E-state index is -0.187. The van der Waals surface area contributed by atoms with Crippen molar-refractivity contribution in [3.8, 4) is 0 Å². The van der Waals surface area contributed by atoms with Crippen molar-refractivity contribution < 1.29 is 4.39 Å². The summed E-state index contributed by atoms with van der Waals surface area (Å²) in [4.78, 5) is 2.31. The molecule has 2 N–H and O–H groups in total. The van der Waals surface area contributed by atoms with Gasteiger partial charge in [0, 0.05) is 25.3 Å². The highest BCUT2D eigenvalue weighted by Crippen LogP contribution is 2.28. The molecule has 0 saturated heterocycles. The van der Waals surface area contributed by atoms with Crippen LogP contribution in [0.3, 0.4) is 0 Å². The van der Waals surface area contributed by atoms with Crippen LogP contribution in [0.25, 0.3) is 0 Å². The van der Waals surface area contributed by atoms with Crippen molar-refractivity contribution in [1.82, 2.24) is 4.90 Å². The van der Waals surface area contributed by atoms with Crippen LogP contribution < -0.4 is 5.73 Å². The van der Waals surface area contributed by atoms with E-state index in [9.17, 15) is 4.39 Å². The number of nitrogens with two attached hydrogens (primary N) is 1. The van der Waals surface area contributed by atoms with Crippen LogP contribution in [-0.4, -0.2) is 4.90 Å². The summed E-state index contributed by atoms with van der Waals surface area (Å²) in [5.41, 5.74) is 10.5. The van der Waals surface area contributed by atoms with Crippen molar-refractivity contribution in [2.24, 2.45) is 0 Å². The maximum Gasteiger partial charge on any atom is 0.123 e. The maximum absolute atomic E-state index is 12.8. The van der Waals surface area contributed by atoms with Gasteiger partial charge in [-0.25, -0.2) is 4.39 Å². The number of hydrogen-bond donors (Lipinski definition) is 1. The molecule has 92 valence electrons. The van der Waals surface area contributed by atoms with Gasteiger partial charge in [-0.3, -0.25) is 4.90 Å². The van der Waals surface area contributed by atoms with E-state index in [-0.39, 0.29) is 5.82 Å². The fourth-order valence-electron chi connectivity index (χ4n) is 2.48. The normalized spacial score (nSPS) is 14.7. The minimum absolute atomic E-state index is 0.187. The number of fused-ring (bicyclic) bond motifs is 1. The summed E-state index contributed by atoms with van der Waals surface area (Å²) in [5, 5.41) is 0. The molecule has 2 aromatic rings. The maximum atomic E-state index is 12.8. The number of halogens is 1. The lowest BCUT2D eigenvalue weighted by molar-refractivity contribution is 0.275. The Kier molecular flexibility index (Phi) is 2.76. The predicted octanol–water partition coefficient (Wildman–Crippen LogP) is 2.92. The van der Waals surface area contributed by atoms with Crippen LogP contribution in [0.1, 0.15) is 16.7 Å². The molecule has 0 aliphatic carbocycles. The molecule has 2 aromatic carbocycles. The molecule has 0 radical (unpaired) electrons. The molecule has 3 heteroatoms. The third-order valence-electron chi connectivity index (χ3n) is 3.40. The second-order valence-corrected chi connectivity index (χ2v) is 4.76. The van der Waals surface area contributed by atoms with Crippen LogP contribution in [0.5, 0.6) is 0 Å². The topological polar surface area (TPSA) is 29.3 Å². The van der Waals surface area contributed by atoms with Crippen LogP contribution in [0.4, 0.5) is 10.1 Å². The van der Waals surface area contributed by atoms with Gasteiger partial charge >= 0.3 is 0 Å². The average Bonchev–Trinajstić information content (AvgIpc) is 2.76. The van der Waals surface area contributed by atoms with Gasteiger partial charge in [-0.2, -0.15) is 0 Å². The fourth-order valence-corrected chi connectivity index (χ4v) is 2.48. The Morgan fingerprint density at radius 3 is 2.56 bits per heavy atom. The van der Waals surface area contributed by atoms with Crippen LogP contribution in [0.2, 0.25) is 0 Å². The zero-order valence-corrected chi connectivity index (χ0v) is 10.1. The standard InChI is InChI=1S/C15H15FN2/c16-13-6-4-11(5-7-13)8-18-9-12-2-1-3-15(17)14(12)10-18/h1-7H,8-10,17H2. The largest absolute Gasteiger partial charge is 0.398 e. The van der Waals surface area contributed by atoms with E-state index in [1.165, 1.54) is 23.3 Å². The molecular formula is C15H15FN2. The molecule has 1 heterocycles. The van der Waals surface area contributed by atoms with Crippen LogP contribution in [-0.2, 0) is 19.6 Å². The molecule has 0 atom stereocenters. The molecule has 3 rings (SSSR count). The van der Waals surface area contributed by atoms with Gasteiger partial charge in [0.05, 0.1) is 0 Å². The Balaban J connectivity index is 1.75. The lowest BCUT2D eigenvalue weighted by Crippen LogP contribution is -2.15. The summed E-state index contributed by atoms with van der Waals surface area (Å²) in [6.07, 6.45) is 0. The lowest BCUT2D eigenvalue weighted by atomic mass is 10.1. The zero-order valence-electron chi connectivity index (χ0n) is 10.1. The number of hydrogen-bond acceptors (Lipinski definition) is 2. The number of nitrogens with zero attached hydrogens (tertiary/aromatic N) is 1. The van der Waals surface area contributed by atoms with E-state index in [1.807, 2.05) is 24.3 Å². The highest BCUT2D eigenvalue weighted by atomic mass is 19.1. The molecule has 0 spiro atoms. The summed E-state index contributed by atoms with van der Waals surface area (Å²) in [6.45, 7) is 2.62. The van der Waals surface area contributed by atoms with E-state index >= 15 is 0 Å². The molecule has 0 unspecified atom stereocenters. The van der Waals surface area contributed by atoms with Crippen molar-refractivity contribution in [3.05, 3.63) is 65.0 Å². The summed E-state index contributed by atoms with van der Waals surface area (Å²) in [6, 6.07) is 12.7. The third kappa shape index (κ3) is 2.09. The average molecular weight is 242 g/mol. The Hall–Kier alpha value is -1.87. The van der Waals surface area contributed by atoms with Gasteiger partial charge in [0.1, 0.15) is 5.82 Å². The van der Waals surface area contributed by atoms with Gasteiger partial charge in [0.15, 0.2) is 0 Å². The number of anilines is 1. The van der Waals surface area contributed by atoms with Crippen LogP contribution in [0, 0.1) is 5.82 Å². The van der Waals surface area contributed by atoms with E-state index in [1.54, 1.807) is 0 Å². The Morgan fingerprint density at radius 1 is 1.06 bits per heavy atom. The monoisotopic (exact) mass is 242 g/mol. The Labute approximate surface area is 106 Å². The highest BCUT2D eigenvalue weighted by Gasteiger charge is 2.20. The predicted molar refractivity (Wildman–Crippen MR) is 70.2 cm³/mol. The molecular weight excluding hydrogens is 227 g/mol. The summed E-state index contributed by atoms with van der Waals surface area (Å²) >= 11 is 0. The zero-order chi connectivity index (χ0) is 12.5. The molecule has 0 amide bonds. The first-order chi connectivity index (χ1) is 8.72. The number of nitrogen functional groups attached to an aromatic ring is 1. The van der Waals surface area contributed by atoms with Crippen LogP contribution >= 0.6 is 0 Å². The smallest absolute Gasteiger partial charge is 0.123 e. The van der Waals surface area contributed by atoms with E-state index in [4.69, 9.17) is 5.73 Å². The molecule has 2 nitrogen and oxygen atoms in total. The van der Waals surface area contributed by atoms with Crippen molar-refractivity contribution in [2.45, 2.75) is 19.6 Å². The quantitative estimate of drug-likeness (QED) is 0.820. The van der Waals surface area contributed by atoms with Gasteiger partial charge in [0.2, 0.25) is 0 Å². The fraction of sp³-hybridized carbons (Fsp3) is 0.200. The second kappa shape index (κ2) is 4.42. The van der Waals surface area contributed by atoms with Crippen molar-refractivity contribution in [3.63, 3.8) is 0 Å². The molecule has 1 aliphatic heterocycles. The highest BCUT2D eigenvalue weighted by molar-refractivity contribution is 5.52. The third-order valence-corrected chi connectivity index (χ3v) is 3.40. The van der Waals surface area contributed by atoms with Gasteiger partial charge < -0.3 is 5.73 Å². The molecule has 0 saturated carbocycles. The number of rotatable bonds is 2. The van der Waals surface area contributed by atoms with Crippen molar-refractivity contribution in [1.29, 1.82) is 0 Å². The molecule has 0 fully saturated rings. The van der Waals surface area contributed by atoms with E-state index in [2.05, 4.69) is 11.0 Å². The molecule has 18 heavy (non-hydrogen) atoms. The van der Waals surface area contributed by atoms with E-state index in [0.717, 1.165) is 30.9 Å². The second-order valence-electron chi connectivity index (χ2n) is 4.76. The first kappa shape index (κ1) is 11.2. The van der Waals surface area contributed by atoms with Crippen molar-refractivity contribution in [2.75, 3.05) is 5.73 Å². The summed E-state index contributed by atoms with van der Waals surface area (Å²) < 4.78 is 12.8. The van der Waals surface area contributed by atoms with Crippen molar-refractivity contribution >= 4 is 5.69 Å². The van der Waals surface area contributed by atoms with E-state index in [0.29, 0.717) is 0 Å². The number of benzene rings is 2. The summed E-state index contributed by atoms with van der Waals surface area (Å²) in [5.74, 6) is -0.187. The molecule has 1 aliphatic rings. The first-order valence-electron chi connectivity index (χ1n) is 6.05. The van der Waals surface area contributed by atoms with Gasteiger partial charge in [0.25, 0.3) is 0 Å². The lowest BCUT2D eigenvalue weighted by Gasteiger charge is -2.14. The molecule has 0 bridgehead atoms. The van der Waals surface area contributed by atoms with Gasteiger partial charge in [-0.1, -0.05) is 24.3 Å². The van der Waals surface area contributed by atoms with Crippen LogP contribution in [0.15, 0.2) is 42.5 Å². The Bertz CT molecular complexity index is 563. The molecule has 0 aromatic heterocycles. The Morgan fingerprint density at radius 2 is 1.83 bits per heavy atom. The SMILES string of the molecule is Nc1cccc2c1CN(Cc1ccc(F)cc1)C2.